The average molecular weight is 563 g/mol. The highest BCUT2D eigenvalue weighted by atomic mass is 127. The van der Waals surface area contributed by atoms with Crippen molar-refractivity contribution in [1.29, 1.82) is 0 Å². The van der Waals surface area contributed by atoms with Gasteiger partial charge in [-0.2, -0.15) is 0 Å². The van der Waals surface area contributed by atoms with E-state index in [0.29, 0.717) is 26.2 Å². The summed E-state index contributed by atoms with van der Waals surface area (Å²) in [6, 6.07) is 4.42. The van der Waals surface area contributed by atoms with Crippen LogP contribution in [0.3, 0.4) is 0 Å². The lowest BCUT2D eigenvalue weighted by Gasteiger charge is -2.33. The summed E-state index contributed by atoms with van der Waals surface area (Å²) in [5.41, 5.74) is 0. The van der Waals surface area contributed by atoms with E-state index in [2.05, 4.69) is 28.5 Å². The van der Waals surface area contributed by atoms with Crippen LogP contribution in [0.4, 0.5) is 4.79 Å². The SMILES string of the molecule is CCNC(=NCC(c1ccc(C)o1)N1CCOCC1)NC1CCN(C(=O)OCC)CC1.I. The zero-order valence-electron chi connectivity index (χ0n) is 19.5. The Bertz CT molecular complexity index is 715. The number of nitrogens with zero attached hydrogens (tertiary/aromatic N) is 3. The van der Waals surface area contributed by atoms with Gasteiger partial charge in [-0.15, -0.1) is 24.0 Å². The van der Waals surface area contributed by atoms with E-state index >= 15 is 0 Å². The van der Waals surface area contributed by atoms with Crippen molar-refractivity contribution in [2.75, 3.05) is 59.1 Å². The molecule has 2 aliphatic heterocycles. The number of aliphatic imine (C=N–C) groups is 1. The molecule has 1 unspecified atom stereocenters. The molecule has 1 atom stereocenters. The Balaban J connectivity index is 0.00000363. The molecule has 3 heterocycles. The van der Waals surface area contributed by atoms with Crippen molar-refractivity contribution in [2.45, 2.75) is 45.7 Å². The molecule has 1 aromatic heterocycles. The first-order valence-corrected chi connectivity index (χ1v) is 11.4. The molecule has 0 aliphatic carbocycles. The number of nitrogens with one attached hydrogen (secondary N) is 2. The number of guanidine groups is 1. The maximum atomic E-state index is 11.9. The largest absolute Gasteiger partial charge is 0.465 e. The second kappa shape index (κ2) is 13.9. The van der Waals surface area contributed by atoms with E-state index in [4.69, 9.17) is 18.9 Å². The number of carbonyl (C=O) groups is 1. The van der Waals surface area contributed by atoms with Crippen LogP contribution in [0.1, 0.15) is 44.3 Å². The Labute approximate surface area is 208 Å². The van der Waals surface area contributed by atoms with Crippen LogP contribution in [0.25, 0.3) is 0 Å². The summed E-state index contributed by atoms with van der Waals surface area (Å²) >= 11 is 0. The Hall–Kier alpha value is -1.53. The van der Waals surface area contributed by atoms with E-state index in [1.807, 2.05) is 19.9 Å². The van der Waals surface area contributed by atoms with Crippen LogP contribution in [0.2, 0.25) is 0 Å². The summed E-state index contributed by atoms with van der Waals surface area (Å²) in [4.78, 5) is 21.0. The number of carbonyl (C=O) groups excluding carboxylic acids is 1. The van der Waals surface area contributed by atoms with Gasteiger partial charge in [-0.1, -0.05) is 0 Å². The quantitative estimate of drug-likeness (QED) is 0.300. The van der Waals surface area contributed by atoms with Crippen LogP contribution >= 0.6 is 24.0 Å². The topological polar surface area (TPSA) is 91.6 Å². The summed E-state index contributed by atoms with van der Waals surface area (Å²) in [7, 11) is 0. The van der Waals surface area contributed by atoms with Crippen molar-refractivity contribution >= 4 is 36.0 Å². The molecule has 2 saturated heterocycles. The average Bonchev–Trinajstić information content (AvgIpc) is 3.21. The molecule has 0 radical (unpaired) electrons. The smallest absolute Gasteiger partial charge is 0.409 e. The van der Waals surface area contributed by atoms with Gasteiger partial charge in [0, 0.05) is 38.8 Å². The van der Waals surface area contributed by atoms with Crippen molar-refractivity contribution in [2.24, 2.45) is 4.99 Å². The molecule has 1 amide bonds. The minimum Gasteiger partial charge on any atom is -0.465 e. The maximum Gasteiger partial charge on any atom is 0.409 e. The third-order valence-corrected chi connectivity index (χ3v) is 5.70. The summed E-state index contributed by atoms with van der Waals surface area (Å²) in [5.74, 6) is 2.66. The zero-order valence-corrected chi connectivity index (χ0v) is 21.8. The van der Waals surface area contributed by atoms with Gasteiger partial charge in [-0.25, -0.2) is 4.79 Å². The predicted molar refractivity (Wildman–Crippen MR) is 135 cm³/mol. The third-order valence-electron chi connectivity index (χ3n) is 5.70. The molecular formula is C22H38IN5O4. The fraction of sp³-hybridized carbons (Fsp3) is 0.727. The van der Waals surface area contributed by atoms with Crippen LogP contribution in [0.5, 0.6) is 0 Å². The van der Waals surface area contributed by atoms with Gasteiger partial charge in [0.15, 0.2) is 5.96 Å². The Morgan fingerprint density at radius 1 is 1.22 bits per heavy atom. The van der Waals surface area contributed by atoms with Crippen molar-refractivity contribution in [1.82, 2.24) is 20.4 Å². The molecule has 0 saturated carbocycles. The number of likely N-dealkylation sites (tertiary alicyclic amines) is 1. The number of hydrogen-bond acceptors (Lipinski definition) is 6. The van der Waals surface area contributed by atoms with Crippen LogP contribution < -0.4 is 10.6 Å². The van der Waals surface area contributed by atoms with Gasteiger partial charge in [0.2, 0.25) is 0 Å². The highest BCUT2D eigenvalue weighted by Gasteiger charge is 2.26. The number of halogens is 1. The van der Waals surface area contributed by atoms with Gasteiger partial charge >= 0.3 is 6.09 Å². The first-order chi connectivity index (χ1) is 15.1. The number of piperidine rings is 1. The summed E-state index contributed by atoms with van der Waals surface area (Å²) in [6.45, 7) is 12.3. The minimum atomic E-state index is -0.219. The molecule has 1 aromatic rings. The second-order valence-corrected chi connectivity index (χ2v) is 7.94. The summed E-state index contributed by atoms with van der Waals surface area (Å²) < 4.78 is 16.6. The second-order valence-electron chi connectivity index (χ2n) is 7.94. The monoisotopic (exact) mass is 563 g/mol. The molecule has 3 rings (SSSR count). The highest BCUT2D eigenvalue weighted by molar-refractivity contribution is 14.0. The van der Waals surface area contributed by atoms with Crippen molar-refractivity contribution in [3.05, 3.63) is 23.7 Å². The number of amides is 1. The van der Waals surface area contributed by atoms with Gasteiger partial charge in [-0.05, 0) is 45.7 Å². The minimum absolute atomic E-state index is 0. The van der Waals surface area contributed by atoms with Crippen molar-refractivity contribution in [3.8, 4) is 0 Å². The number of ether oxygens (including phenoxy) is 2. The summed E-state index contributed by atoms with van der Waals surface area (Å²) in [5, 5.41) is 6.91. The number of furan rings is 1. The molecule has 182 valence electrons. The molecule has 0 bridgehead atoms. The number of morpholine rings is 1. The predicted octanol–water partition coefficient (Wildman–Crippen LogP) is 2.76. The number of rotatable bonds is 7. The highest BCUT2D eigenvalue weighted by Crippen LogP contribution is 2.24. The van der Waals surface area contributed by atoms with Crippen molar-refractivity contribution < 1.29 is 18.7 Å². The number of hydrogen-bond donors (Lipinski definition) is 2. The van der Waals surface area contributed by atoms with Crippen LogP contribution in [-0.4, -0.2) is 87.0 Å². The van der Waals surface area contributed by atoms with Gasteiger partial charge < -0.3 is 29.4 Å². The van der Waals surface area contributed by atoms with Gasteiger partial charge in [0.05, 0.1) is 32.4 Å². The first-order valence-electron chi connectivity index (χ1n) is 11.4. The Morgan fingerprint density at radius 2 is 1.94 bits per heavy atom. The summed E-state index contributed by atoms with van der Waals surface area (Å²) in [6.07, 6.45) is 1.52. The molecule has 0 aromatic carbocycles. The first kappa shape index (κ1) is 26.7. The Kier molecular flexibility index (Phi) is 11.6. The van der Waals surface area contributed by atoms with Gasteiger partial charge in [0.25, 0.3) is 0 Å². The van der Waals surface area contributed by atoms with E-state index < -0.39 is 0 Å². The normalized spacial score (nSPS) is 19.2. The standard InChI is InChI=1S/C22H37N5O4.HI/c1-4-23-21(25-18-8-10-27(11-9-18)22(28)30-5-2)24-16-19(20-7-6-17(3)31-20)26-12-14-29-15-13-26;/h6-7,18-19H,4-5,8-16H2,1-3H3,(H2,23,24,25);1H. The maximum absolute atomic E-state index is 11.9. The molecular weight excluding hydrogens is 525 g/mol. The zero-order chi connectivity index (χ0) is 22.1. The van der Waals surface area contributed by atoms with E-state index in [-0.39, 0.29) is 42.2 Å². The van der Waals surface area contributed by atoms with Crippen LogP contribution in [0, 0.1) is 6.92 Å². The van der Waals surface area contributed by atoms with Gasteiger partial charge in [-0.3, -0.25) is 9.89 Å². The number of aryl methyl sites for hydroxylation is 1. The Morgan fingerprint density at radius 3 is 2.53 bits per heavy atom. The fourth-order valence-corrected chi connectivity index (χ4v) is 4.02. The van der Waals surface area contributed by atoms with Crippen molar-refractivity contribution in [3.63, 3.8) is 0 Å². The lowest BCUT2D eigenvalue weighted by molar-refractivity contribution is 0.0135. The fourth-order valence-electron chi connectivity index (χ4n) is 4.02. The molecule has 32 heavy (non-hydrogen) atoms. The van der Waals surface area contributed by atoms with E-state index in [1.165, 1.54) is 0 Å². The molecule has 10 heteroatoms. The van der Waals surface area contributed by atoms with Gasteiger partial charge in [0.1, 0.15) is 11.5 Å². The molecule has 2 aliphatic rings. The van der Waals surface area contributed by atoms with Crippen LogP contribution in [0.15, 0.2) is 21.5 Å². The molecule has 0 spiro atoms. The van der Waals surface area contributed by atoms with E-state index in [1.54, 1.807) is 4.90 Å². The molecule has 9 nitrogen and oxygen atoms in total. The lowest BCUT2D eigenvalue weighted by atomic mass is 10.1. The molecule has 2 N–H and O–H groups in total. The third kappa shape index (κ3) is 7.80. The van der Waals surface area contributed by atoms with Crippen LogP contribution in [-0.2, 0) is 9.47 Å². The van der Waals surface area contributed by atoms with E-state index in [9.17, 15) is 4.79 Å². The van der Waals surface area contributed by atoms with E-state index in [0.717, 1.165) is 63.2 Å². The molecule has 2 fully saturated rings. The lowest BCUT2D eigenvalue weighted by Crippen LogP contribution is -2.50.